The molecule has 2 unspecified atom stereocenters. The predicted octanol–water partition coefficient (Wildman–Crippen LogP) is 4.42. The Labute approximate surface area is 151 Å². The van der Waals surface area contributed by atoms with Crippen LogP contribution in [0.5, 0.6) is 0 Å². The first kappa shape index (κ1) is 17.2. The van der Waals surface area contributed by atoms with Crippen molar-refractivity contribution in [2.24, 2.45) is 0 Å². The molecule has 24 heavy (non-hydrogen) atoms. The van der Waals surface area contributed by atoms with Crippen LogP contribution < -0.4 is 0 Å². The van der Waals surface area contributed by atoms with Crippen molar-refractivity contribution in [3.8, 4) is 0 Å². The molecule has 1 aliphatic rings. The molecule has 6 heteroatoms. The zero-order chi connectivity index (χ0) is 17.1. The van der Waals surface area contributed by atoms with Crippen LogP contribution in [0.3, 0.4) is 0 Å². The van der Waals surface area contributed by atoms with Crippen molar-refractivity contribution in [1.29, 1.82) is 0 Å². The third-order valence-corrected chi connectivity index (χ3v) is 5.24. The molecule has 1 aliphatic heterocycles. The van der Waals surface area contributed by atoms with Gasteiger partial charge in [-0.3, -0.25) is 14.7 Å². The largest absolute Gasteiger partial charge is 0.480 e. The molecule has 0 bridgehead atoms. The minimum Gasteiger partial charge on any atom is -0.480 e. The van der Waals surface area contributed by atoms with Gasteiger partial charge in [-0.1, -0.05) is 47.8 Å². The fourth-order valence-corrected chi connectivity index (χ4v) is 3.72. The molecule has 1 aromatic heterocycles. The average Bonchev–Trinajstić information content (AvgIpc) is 2.60. The maximum atomic E-state index is 11.8. The number of pyridine rings is 1. The van der Waals surface area contributed by atoms with Crippen LogP contribution in [-0.4, -0.2) is 33.5 Å². The molecule has 3 rings (SSSR count). The number of carbonyl (C=O) groups is 1. The highest BCUT2D eigenvalue weighted by atomic mass is 35.5. The Morgan fingerprint density at radius 1 is 1.21 bits per heavy atom. The number of benzene rings is 1. The average molecular weight is 365 g/mol. The molecular weight excluding hydrogens is 347 g/mol. The molecule has 1 fully saturated rings. The quantitative estimate of drug-likeness (QED) is 0.872. The van der Waals surface area contributed by atoms with Gasteiger partial charge in [-0.15, -0.1) is 0 Å². The molecule has 0 aliphatic carbocycles. The van der Waals surface area contributed by atoms with E-state index in [0.717, 1.165) is 24.1 Å². The first-order valence-corrected chi connectivity index (χ1v) is 8.68. The maximum Gasteiger partial charge on any atom is 0.320 e. The molecule has 0 saturated carbocycles. The fourth-order valence-electron chi connectivity index (χ4n) is 3.31. The van der Waals surface area contributed by atoms with E-state index in [0.29, 0.717) is 23.0 Å². The van der Waals surface area contributed by atoms with Crippen molar-refractivity contribution in [3.05, 3.63) is 63.9 Å². The summed E-state index contributed by atoms with van der Waals surface area (Å²) in [5.74, 6) is -0.811. The number of hydrogen-bond acceptors (Lipinski definition) is 3. The van der Waals surface area contributed by atoms with Crippen molar-refractivity contribution in [3.63, 3.8) is 0 Å². The van der Waals surface area contributed by atoms with Gasteiger partial charge in [0.05, 0.1) is 21.8 Å². The van der Waals surface area contributed by atoms with Crippen LogP contribution in [0.2, 0.25) is 10.0 Å². The van der Waals surface area contributed by atoms with E-state index in [2.05, 4.69) is 4.98 Å². The Morgan fingerprint density at radius 3 is 2.75 bits per heavy atom. The number of carboxylic acid groups (broad SMARTS) is 1. The molecular formula is C18H18Cl2N2O2. The Hall–Kier alpha value is -1.62. The number of hydrogen-bond donors (Lipinski definition) is 1. The number of aromatic nitrogens is 1. The lowest BCUT2D eigenvalue weighted by Gasteiger charge is -2.39. The summed E-state index contributed by atoms with van der Waals surface area (Å²) in [5, 5.41) is 10.6. The molecule has 2 atom stereocenters. The maximum absolute atomic E-state index is 11.8. The van der Waals surface area contributed by atoms with Crippen molar-refractivity contribution in [2.75, 3.05) is 6.54 Å². The third-order valence-electron chi connectivity index (χ3n) is 4.40. The molecule has 0 spiro atoms. The normalized spacial score (nSPS) is 19.8. The van der Waals surface area contributed by atoms with Gasteiger partial charge < -0.3 is 5.11 Å². The monoisotopic (exact) mass is 364 g/mol. The highest BCUT2D eigenvalue weighted by molar-refractivity contribution is 6.42. The van der Waals surface area contributed by atoms with Gasteiger partial charge in [-0.25, -0.2) is 0 Å². The highest BCUT2D eigenvalue weighted by Crippen LogP contribution is 2.38. The topological polar surface area (TPSA) is 53.4 Å². The molecule has 2 aromatic rings. The minimum absolute atomic E-state index is 0.334. The van der Waals surface area contributed by atoms with Crippen molar-refractivity contribution in [2.45, 2.75) is 31.3 Å². The number of aliphatic carboxylic acids is 1. The van der Waals surface area contributed by atoms with Gasteiger partial charge >= 0.3 is 5.97 Å². The molecule has 0 radical (unpaired) electrons. The molecule has 1 aromatic carbocycles. The van der Waals surface area contributed by atoms with E-state index in [1.807, 2.05) is 35.2 Å². The van der Waals surface area contributed by atoms with E-state index in [-0.39, 0.29) is 6.04 Å². The van der Waals surface area contributed by atoms with E-state index in [1.165, 1.54) is 0 Å². The lowest BCUT2D eigenvalue weighted by Crippen LogP contribution is -2.47. The summed E-state index contributed by atoms with van der Waals surface area (Å²) in [5.41, 5.74) is 1.56. The van der Waals surface area contributed by atoms with Crippen LogP contribution in [0.1, 0.15) is 36.6 Å². The van der Waals surface area contributed by atoms with Crippen LogP contribution >= 0.6 is 23.2 Å². The van der Waals surface area contributed by atoms with Crippen molar-refractivity contribution < 1.29 is 9.90 Å². The fraction of sp³-hybridized carbons (Fsp3) is 0.333. The summed E-state index contributed by atoms with van der Waals surface area (Å²) in [6, 6.07) is 10.2. The van der Waals surface area contributed by atoms with Gasteiger partial charge in [-0.05, 0) is 43.1 Å². The Morgan fingerprint density at radius 2 is 2.04 bits per heavy atom. The number of carboxylic acids is 1. The first-order chi connectivity index (χ1) is 11.6. The predicted molar refractivity (Wildman–Crippen MR) is 94.5 cm³/mol. The molecule has 1 saturated heterocycles. The van der Waals surface area contributed by atoms with Crippen molar-refractivity contribution >= 4 is 29.2 Å². The summed E-state index contributed by atoms with van der Waals surface area (Å²) >= 11 is 12.6. The standard InChI is InChI=1S/C18H18Cl2N2O2/c19-13-7-5-6-12(16(13)20)17(14-8-1-3-10-21-14)22-11-4-2-9-15(22)18(23)24/h1,3,5-8,10,15,17H,2,4,9,11H2,(H,23,24). The number of halogens is 2. The summed E-state index contributed by atoms with van der Waals surface area (Å²) in [7, 11) is 0. The summed E-state index contributed by atoms with van der Waals surface area (Å²) in [6.45, 7) is 0.682. The number of rotatable bonds is 4. The minimum atomic E-state index is -0.811. The third kappa shape index (κ3) is 3.41. The number of piperidine rings is 1. The zero-order valence-corrected chi connectivity index (χ0v) is 14.5. The van der Waals surface area contributed by atoms with Gasteiger partial charge in [0.1, 0.15) is 6.04 Å². The van der Waals surface area contributed by atoms with Crippen LogP contribution in [0, 0.1) is 0 Å². The molecule has 4 nitrogen and oxygen atoms in total. The highest BCUT2D eigenvalue weighted by Gasteiger charge is 2.36. The Kier molecular flexibility index (Phi) is 5.39. The zero-order valence-electron chi connectivity index (χ0n) is 13.0. The van der Waals surface area contributed by atoms with E-state index in [4.69, 9.17) is 23.2 Å². The summed E-state index contributed by atoms with van der Waals surface area (Å²) in [4.78, 5) is 18.2. The van der Waals surface area contributed by atoms with E-state index >= 15 is 0 Å². The second-order valence-corrected chi connectivity index (χ2v) is 6.67. The van der Waals surface area contributed by atoms with Gasteiger partial charge in [0.15, 0.2) is 0 Å². The second-order valence-electron chi connectivity index (χ2n) is 5.89. The summed E-state index contributed by atoms with van der Waals surface area (Å²) in [6.07, 6.45) is 4.19. The Bertz CT molecular complexity index is 724. The molecule has 126 valence electrons. The summed E-state index contributed by atoms with van der Waals surface area (Å²) < 4.78 is 0. The second kappa shape index (κ2) is 7.51. The van der Waals surface area contributed by atoms with Crippen LogP contribution in [-0.2, 0) is 4.79 Å². The number of nitrogens with zero attached hydrogens (tertiary/aromatic N) is 2. The smallest absolute Gasteiger partial charge is 0.320 e. The Balaban J connectivity index is 2.12. The lowest BCUT2D eigenvalue weighted by molar-refractivity contribution is -0.145. The van der Waals surface area contributed by atoms with Crippen molar-refractivity contribution in [1.82, 2.24) is 9.88 Å². The number of likely N-dealkylation sites (tertiary alicyclic amines) is 1. The van der Waals surface area contributed by atoms with Gasteiger partial charge in [-0.2, -0.15) is 0 Å². The van der Waals surface area contributed by atoms with E-state index < -0.39 is 12.0 Å². The van der Waals surface area contributed by atoms with E-state index in [1.54, 1.807) is 12.3 Å². The van der Waals surface area contributed by atoms with Gasteiger partial charge in [0.25, 0.3) is 0 Å². The molecule has 0 amide bonds. The van der Waals surface area contributed by atoms with Gasteiger partial charge in [0, 0.05) is 6.20 Å². The van der Waals surface area contributed by atoms with E-state index in [9.17, 15) is 9.90 Å². The first-order valence-electron chi connectivity index (χ1n) is 7.93. The van der Waals surface area contributed by atoms with Crippen LogP contribution in [0.15, 0.2) is 42.6 Å². The SMILES string of the molecule is O=C(O)C1CCCCN1C(c1ccccn1)c1cccc(Cl)c1Cl. The molecule has 2 heterocycles. The van der Waals surface area contributed by atoms with Crippen LogP contribution in [0.25, 0.3) is 0 Å². The van der Waals surface area contributed by atoms with Gasteiger partial charge in [0.2, 0.25) is 0 Å². The molecule has 1 N–H and O–H groups in total. The van der Waals surface area contributed by atoms with Crippen LogP contribution in [0.4, 0.5) is 0 Å². The lowest BCUT2D eigenvalue weighted by atomic mass is 9.94.